The third-order valence-corrected chi connectivity index (χ3v) is 4.10. The molecule has 3 aromatic rings. The molecular formula is C20H21N3O3. The molecule has 0 aliphatic heterocycles. The number of likely N-dealkylation sites (N-methyl/N-ethyl adjacent to an activating group) is 1. The van der Waals surface area contributed by atoms with Gasteiger partial charge in [-0.05, 0) is 37.3 Å². The quantitative estimate of drug-likeness (QED) is 0.681. The van der Waals surface area contributed by atoms with Crippen LogP contribution in [0.15, 0.2) is 53.1 Å². The zero-order valence-corrected chi connectivity index (χ0v) is 15.1. The van der Waals surface area contributed by atoms with E-state index in [2.05, 4.69) is 10.1 Å². The second-order valence-corrected chi connectivity index (χ2v) is 6.09. The maximum Gasteiger partial charge on any atom is 0.257 e. The van der Waals surface area contributed by atoms with Crippen LogP contribution in [0.5, 0.6) is 5.75 Å². The number of ether oxygens (including phenoxy) is 1. The van der Waals surface area contributed by atoms with Gasteiger partial charge in [0.25, 0.3) is 11.8 Å². The molecule has 3 rings (SSSR count). The molecule has 0 spiro atoms. The summed E-state index contributed by atoms with van der Waals surface area (Å²) in [4.78, 5) is 18.5. The van der Waals surface area contributed by atoms with Gasteiger partial charge in [0.05, 0.1) is 7.11 Å². The molecule has 6 heteroatoms. The molecule has 0 aliphatic rings. The number of nitrogens with zero attached hydrogens (tertiary/aromatic N) is 3. The van der Waals surface area contributed by atoms with Gasteiger partial charge in [-0.15, -0.1) is 0 Å². The lowest BCUT2D eigenvalue weighted by Gasteiger charge is -2.16. The van der Waals surface area contributed by atoms with Gasteiger partial charge in [0.15, 0.2) is 5.82 Å². The molecular weight excluding hydrogens is 330 g/mol. The molecule has 0 saturated carbocycles. The van der Waals surface area contributed by atoms with Gasteiger partial charge in [-0.3, -0.25) is 4.79 Å². The second-order valence-electron chi connectivity index (χ2n) is 6.09. The van der Waals surface area contributed by atoms with E-state index in [1.54, 1.807) is 37.3 Å². The first kappa shape index (κ1) is 17.7. The summed E-state index contributed by atoms with van der Waals surface area (Å²) >= 11 is 0. The minimum Gasteiger partial charge on any atom is -0.497 e. The molecule has 0 aliphatic carbocycles. The minimum absolute atomic E-state index is 0.0776. The molecule has 134 valence electrons. The highest BCUT2D eigenvalue weighted by Gasteiger charge is 2.14. The number of amides is 1. The van der Waals surface area contributed by atoms with Crippen molar-refractivity contribution in [2.45, 2.75) is 13.3 Å². The number of carbonyl (C=O) groups is 1. The van der Waals surface area contributed by atoms with Gasteiger partial charge in [0, 0.05) is 31.1 Å². The molecule has 1 heterocycles. The molecule has 1 aromatic heterocycles. The van der Waals surface area contributed by atoms with Crippen molar-refractivity contribution in [1.29, 1.82) is 0 Å². The van der Waals surface area contributed by atoms with E-state index in [0.717, 1.165) is 5.56 Å². The van der Waals surface area contributed by atoms with Gasteiger partial charge in [0.1, 0.15) is 5.75 Å². The first-order valence-electron chi connectivity index (χ1n) is 8.36. The molecule has 26 heavy (non-hydrogen) atoms. The molecule has 1 amide bonds. The fourth-order valence-corrected chi connectivity index (χ4v) is 2.51. The van der Waals surface area contributed by atoms with Gasteiger partial charge in [-0.2, -0.15) is 4.98 Å². The predicted molar refractivity (Wildman–Crippen MR) is 98.1 cm³/mol. The average molecular weight is 351 g/mol. The zero-order chi connectivity index (χ0) is 18.5. The van der Waals surface area contributed by atoms with E-state index in [1.165, 1.54) is 5.56 Å². The van der Waals surface area contributed by atoms with E-state index in [1.807, 2.05) is 37.3 Å². The second kappa shape index (κ2) is 7.82. The number of carbonyl (C=O) groups excluding carboxylic acids is 1. The summed E-state index contributed by atoms with van der Waals surface area (Å²) in [6.07, 6.45) is 0.515. The Labute approximate surface area is 152 Å². The summed E-state index contributed by atoms with van der Waals surface area (Å²) < 4.78 is 10.5. The summed E-state index contributed by atoms with van der Waals surface area (Å²) in [6.45, 7) is 2.51. The highest BCUT2D eigenvalue weighted by Crippen LogP contribution is 2.18. The Bertz CT molecular complexity index is 887. The Kier molecular flexibility index (Phi) is 5.31. The normalized spacial score (nSPS) is 10.6. The van der Waals surface area contributed by atoms with Crippen molar-refractivity contribution in [2.24, 2.45) is 0 Å². The van der Waals surface area contributed by atoms with E-state index in [4.69, 9.17) is 9.26 Å². The molecule has 0 saturated heterocycles. The van der Waals surface area contributed by atoms with Crippen LogP contribution in [0.4, 0.5) is 0 Å². The monoisotopic (exact) mass is 351 g/mol. The van der Waals surface area contributed by atoms with E-state index in [9.17, 15) is 4.79 Å². The third-order valence-electron chi connectivity index (χ3n) is 4.10. The van der Waals surface area contributed by atoms with Crippen LogP contribution in [0.2, 0.25) is 0 Å². The average Bonchev–Trinajstić information content (AvgIpc) is 3.15. The number of aromatic nitrogens is 2. The minimum atomic E-state index is -0.0776. The van der Waals surface area contributed by atoms with Crippen LogP contribution >= 0.6 is 0 Å². The van der Waals surface area contributed by atoms with Crippen LogP contribution in [0.1, 0.15) is 21.7 Å². The smallest absolute Gasteiger partial charge is 0.257 e. The summed E-state index contributed by atoms with van der Waals surface area (Å²) in [6, 6.07) is 15.0. The van der Waals surface area contributed by atoms with Gasteiger partial charge < -0.3 is 14.2 Å². The Hall–Kier alpha value is -3.15. The third kappa shape index (κ3) is 4.08. The molecule has 6 nitrogen and oxygen atoms in total. The number of rotatable bonds is 6. The molecule has 0 radical (unpaired) electrons. The standard InChI is InChI=1S/C20H21N3O3/c1-14-7-9-15(10-8-14)19-21-18(22-26-19)11-12-23(2)20(24)16-5-4-6-17(13-16)25-3/h4-10,13H,11-12H2,1-3H3. The van der Waals surface area contributed by atoms with Crippen LogP contribution in [0.3, 0.4) is 0 Å². The fourth-order valence-electron chi connectivity index (χ4n) is 2.51. The van der Waals surface area contributed by atoms with E-state index >= 15 is 0 Å². The lowest BCUT2D eigenvalue weighted by molar-refractivity contribution is 0.0795. The van der Waals surface area contributed by atoms with Crippen molar-refractivity contribution >= 4 is 5.91 Å². The number of aryl methyl sites for hydroxylation is 1. The van der Waals surface area contributed by atoms with Gasteiger partial charge in [-0.1, -0.05) is 28.9 Å². The van der Waals surface area contributed by atoms with E-state index < -0.39 is 0 Å². The van der Waals surface area contributed by atoms with Gasteiger partial charge >= 0.3 is 0 Å². The van der Waals surface area contributed by atoms with Crippen molar-refractivity contribution in [3.8, 4) is 17.2 Å². The molecule has 0 N–H and O–H groups in total. The van der Waals surface area contributed by atoms with E-state index in [-0.39, 0.29) is 5.91 Å². The Morgan fingerprint density at radius 3 is 2.69 bits per heavy atom. The van der Waals surface area contributed by atoms with Crippen molar-refractivity contribution in [3.63, 3.8) is 0 Å². The van der Waals surface area contributed by atoms with Crippen LogP contribution in [0.25, 0.3) is 11.5 Å². The van der Waals surface area contributed by atoms with Crippen LogP contribution in [-0.4, -0.2) is 41.6 Å². The van der Waals surface area contributed by atoms with Crippen LogP contribution < -0.4 is 4.74 Å². The largest absolute Gasteiger partial charge is 0.497 e. The highest BCUT2D eigenvalue weighted by atomic mass is 16.5. The van der Waals surface area contributed by atoms with Crippen molar-refractivity contribution in [2.75, 3.05) is 20.7 Å². The molecule has 0 bridgehead atoms. The lowest BCUT2D eigenvalue weighted by atomic mass is 10.1. The molecule has 2 aromatic carbocycles. The lowest BCUT2D eigenvalue weighted by Crippen LogP contribution is -2.29. The summed E-state index contributed by atoms with van der Waals surface area (Å²) in [7, 11) is 3.33. The first-order valence-corrected chi connectivity index (χ1v) is 8.36. The predicted octanol–water partition coefficient (Wildman–Crippen LogP) is 3.37. The first-order chi connectivity index (χ1) is 12.6. The Balaban J connectivity index is 1.61. The maximum absolute atomic E-state index is 12.5. The number of hydrogen-bond acceptors (Lipinski definition) is 5. The van der Waals surface area contributed by atoms with Gasteiger partial charge in [0.2, 0.25) is 0 Å². The zero-order valence-electron chi connectivity index (χ0n) is 15.1. The SMILES string of the molecule is COc1cccc(C(=O)N(C)CCc2noc(-c3ccc(C)cc3)n2)c1. The Morgan fingerprint density at radius 1 is 1.19 bits per heavy atom. The molecule has 0 unspecified atom stereocenters. The summed E-state index contributed by atoms with van der Waals surface area (Å²) in [5, 5.41) is 4.00. The maximum atomic E-state index is 12.5. The van der Waals surface area contributed by atoms with Crippen LogP contribution in [0, 0.1) is 6.92 Å². The van der Waals surface area contributed by atoms with Crippen LogP contribution in [-0.2, 0) is 6.42 Å². The Morgan fingerprint density at radius 2 is 1.96 bits per heavy atom. The fraction of sp³-hybridized carbons (Fsp3) is 0.250. The number of benzene rings is 2. The summed E-state index contributed by atoms with van der Waals surface area (Å²) in [5.74, 6) is 1.64. The number of methoxy groups -OCH3 is 1. The van der Waals surface area contributed by atoms with Crippen molar-refractivity contribution < 1.29 is 14.1 Å². The molecule has 0 atom stereocenters. The van der Waals surface area contributed by atoms with Crippen molar-refractivity contribution in [1.82, 2.24) is 15.0 Å². The number of hydrogen-bond donors (Lipinski definition) is 0. The topological polar surface area (TPSA) is 68.5 Å². The van der Waals surface area contributed by atoms with Crippen molar-refractivity contribution in [3.05, 3.63) is 65.5 Å². The van der Waals surface area contributed by atoms with Gasteiger partial charge in [-0.25, -0.2) is 0 Å². The highest BCUT2D eigenvalue weighted by molar-refractivity contribution is 5.94. The molecule has 0 fully saturated rings. The van der Waals surface area contributed by atoms with E-state index in [0.29, 0.717) is 36.0 Å². The summed E-state index contributed by atoms with van der Waals surface area (Å²) in [5.41, 5.74) is 2.64.